The van der Waals surface area contributed by atoms with E-state index < -0.39 is 0 Å². The molecule has 1 aromatic heterocycles. The summed E-state index contributed by atoms with van der Waals surface area (Å²) in [5.41, 5.74) is 1.29. The van der Waals surface area contributed by atoms with Crippen LogP contribution in [0.2, 0.25) is 0 Å². The third-order valence-corrected chi connectivity index (χ3v) is 5.15. The van der Waals surface area contributed by atoms with E-state index in [9.17, 15) is 0 Å². The van der Waals surface area contributed by atoms with Gasteiger partial charge in [-0.2, -0.15) is 0 Å². The van der Waals surface area contributed by atoms with Gasteiger partial charge < -0.3 is 0 Å². The van der Waals surface area contributed by atoms with E-state index in [2.05, 4.69) is 46.4 Å². The van der Waals surface area contributed by atoms with Gasteiger partial charge in [-0.1, -0.05) is 31.9 Å². The summed E-state index contributed by atoms with van der Waals surface area (Å²) in [5.74, 6) is 0. The van der Waals surface area contributed by atoms with Gasteiger partial charge in [0.15, 0.2) is 0 Å². The van der Waals surface area contributed by atoms with E-state index in [0.29, 0.717) is 0 Å². The molecule has 0 saturated carbocycles. The lowest BCUT2D eigenvalue weighted by molar-refractivity contribution is 0.704. The Labute approximate surface area is 114 Å². The van der Waals surface area contributed by atoms with Crippen molar-refractivity contribution in [2.24, 2.45) is 0 Å². The minimum atomic E-state index is 0.156. The Hall–Kier alpha value is -0.0500. The van der Waals surface area contributed by atoms with Gasteiger partial charge in [0.2, 0.25) is 0 Å². The monoisotopic (exact) mass is 316 g/mol. The number of benzene rings is 1. The molecule has 86 valence electrons. The van der Waals surface area contributed by atoms with E-state index in [0.717, 1.165) is 6.42 Å². The number of fused-ring (bicyclic) bond motifs is 1. The molecule has 0 fully saturated rings. The number of hydrogen-bond acceptors (Lipinski definition) is 1. The average Bonchev–Trinajstić information content (AvgIpc) is 2.71. The molecular formula is C13H14BrClS. The number of thiophene rings is 1. The third kappa shape index (κ3) is 2.44. The Morgan fingerprint density at radius 3 is 3.00 bits per heavy atom. The Kier molecular flexibility index (Phi) is 4.28. The van der Waals surface area contributed by atoms with Gasteiger partial charge in [-0.25, -0.2) is 0 Å². The predicted molar refractivity (Wildman–Crippen MR) is 77.6 cm³/mol. The minimum absolute atomic E-state index is 0.156. The van der Waals surface area contributed by atoms with E-state index in [4.69, 9.17) is 11.6 Å². The maximum Gasteiger partial charge on any atom is 0.0599 e. The molecule has 1 aromatic carbocycles. The zero-order valence-electron chi connectivity index (χ0n) is 9.17. The molecule has 0 N–H and O–H groups in total. The molecule has 2 rings (SSSR count). The molecule has 0 radical (unpaired) electrons. The third-order valence-electron chi connectivity index (χ3n) is 2.73. The molecule has 1 atom stereocenters. The van der Waals surface area contributed by atoms with Crippen LogP contribution in [0, 0.1) is 0 Å². The van der Waals surface area contributed by atoms with E-state index in [1.165, 1.54) is 33.0 Å². The summed E-state index contributed by atoms with van der Waals surface area (Å²) >= 11 is 11.8. The van der Waals surface area contributed by atoms with Crippen molar-refractivity contribution < 1.29 is 0 Å². The molecular weight excluding hydrogens is 304 g/mol. The van der Waals surface area contributed by atoms with Gasteiger partial charge >= 0.3 is 0 Å². The number of hydrogen-bond donors (Lipinski definition) is 0. The van der Waals surface area contributed by atoms with Crippen molar-refractivity contribution in [2.75, 3.05) is 0 Å². The molecule has 0 aliphatic heterocycles. The quantitative estimate of drug-likeness (QED) is 0.595. The zero-order valence-corrected chi connectivity index (χ0v) is 12.3. The standard InChI is InChI=1S/C13H14BrClS/c1-2-3-7-12(15)10-8-16-13-9(10)5-4-6-11(13)14/h4-6,8,12H,2-3,7H2,1H3. The van der Waals surface area contributed by atoms with Crippen LogP contribution in [0.15, 0.2) is 28.1 Å². The first-order valence-corrected chi connectivity index (χ1v) is 7.64. The molecule has 0 saturated heterocycles. The lowest BCUT2D eigenvalue weighted by atomic mass is 10.1. The van der Waals surface area contributed by atoms with Gasteiger partial charge in [0.1, 0.15) is 0 Å². The Morgan fingerprint density at radius 1 is 1.44 bits per heavy atom. The Morgan fingerprint density at radius 2 is 2.25 bits per heavy atom. The summed E-state index contributed by atoms with van der Waals surface area (Å²) in [6.45, 7) is 2.20. The second-order valence-corrected chi connectivity index (χ2v) is 6.18. The van der Waals surface area contributed by atoms with Crippen molar-refractivity contribution in [3.8, 4) is 0 Å². The second kappa shape index (κ2) is 5.52. The van der Waals surface area contributed by atoms with Gasteiger partial charge in [-0.15, -0.1) is 22.9 Å². The van der Waals surface area contributed by atoms with Crippen molar-refractivity contribution in [3.05, 3.63) is 33.6 Å². The van der Waals surface area contributed by atoms with E-state index >= 15 is 0 Å². The highest BCUT2D eigenvalue weighted by molar-refractivity contribution is 9.10. The molecule has 0 aliphatic rings. The van der Waals surface area contributed by atoms with E-state index in [1.54, 1.807) is 11.3 Å². The highest BCUT2D eigenvalue weighted by Crippen LogP contribution is 2.38. The summed E-state index contributed by atoms with van der Waals surface area (Å²) in [6, 6.07) is 6.32. The van der Waals surface area contributed by atoms with E-state index in [-0.39, 0.29) is 5.38 Å². The Balaban J connectivity index is 2.34. The number of alkyl halides is 1. The SMILES string of the molecule is CCCCC(Cl)c1csc2c(Br)cccc12. The van der Waals surface area contributed by atoms with Crippen LogP contribution in [0.25, 0.3) is 10.1 Å². The number of halogens is 2. The molecule has 0 nitrogen and oxygen atoms in total. The second-order valence-electron chi connectivity index (χ2n) is 3.92. The topological polar surface area (TPSA) is 0 Å². The van der Waals surface area contributed by atoms with Gasteiger partial charge in [-0.3, -0.25) is 0 Å². The number of rotatable bonds is 4. The molecule has 1 heterocycles. The fourth-order valence-corrected chi connectivity index (χ4v) is 3.91. The van der Waals surface area contributed by atoms with Crippen LogP contribution in [0.3, 0.4) is 0 Å². The molecule has 0 bridgehead atoms. The zero-order chi connectivity index (χ0) is 11.5. The van der Waals surface area contributed by atoms with Crippen LogP contribution in [-0.2, 0) is 0 Å². The summed E-state index contributed by atoms with van der Waals surface area (Å²) in [7, 11) is 0. The minimum Gasteiger partial charge on any atom is -0.142 e. The lowest BCUT2D eigenvalue weighted by Crippen LogP contribution is -1.88. The molecule has 0 spiro atoms. The first-order valence-electron chi connectivity index (χ1n) is 5.53. The summed E-state index contributed by atoms with van der Waals surface area (Å²) in [4.78, 5) is 0. The average molecular weight is 318 g/mol. The van der Waals surface area contributed by atoms with Crippen LogP contribution in [-0.4, -0.2) is 0 Å². The molecule has 0 amide bonds. The van der Waals surface area contributed by atoms with Crippen LogP contribution < -0.4 is 0 Å². The van der Waals surface area contributed by atoms with Crippen molar-refractivity contribution in [1.82, 2.24) is 0 Å². The van der Waals surface area contributed by atoms with Crippen LogP contribution >= 0.6 is 38.9 Å². The fourth-order valence-electron chi connectivity index (χ4n) is 1.82. The largest absolute Gasteiger partial charge is 0.142 e. The van der Waals surface area contributed by atoms with Crippen molar-refractivity contribution >= 4 is 49.0 Å². The van der Waals surface area contributed by atoms with Crippen LogP contribution in [0.1, 0.15) is 37.1 Å². The maximum atomic E-state index is 6.45. The van der Waals surface area contributed by atoms with Crippen molar-refractivity contribution in [2.45, 2.75) is 31.6 Å². The Bertz CT molecular complexity index is 478. The smallest absolute Gasteiger partial charge is 0.0599 e. The van der Waals surface area contributed by atoms with Crippen molar-refractivity contribution in [3.63, 3.8) is 0 Å². The highest BCUT2D eigenvalue weighted by atomic mass is 79.9. The van der Waals surface area contributed by atoms with Crippen LogP contribution in [0.5, 0.6) is 0 Å². The first kappa shape index (κ1) is 12.4. The molecule has 3 heteroatoms. The highest BCUT2D eigenvalue weighted by Gasteiger charge is 2.13. The normalized spacial score (nSPS) is 13.2. The molecule has 0 aliphatic carbocycles. The van der Waals surface area contributed by atoms with Gasteiger partial charge in [0.05, 0.1) is 5.38 Å². The lowest BCUT2D eigenvalue weighted by Gasteiger charge is -2.07. The predicted octanol–water partition coefficient (Wildman–Crippen LogP) is 6.13. The molecule has 1 unspecified atom stereocenters. The van der Waals surface area contributed by atoms with E-state index in [1.807, 2.05) is 0 Å². The van der Waals surface area contributed by atoms with Gasteiger partial charge in [0, 0.05) is 9.17 Å². The fraction of sp³-hybridized carbons (Fsp3) is 0.385. The number of unbranched alkanes of at least 4 members (excludes halogenated alkanes) is 1. The maximum absolute atomic E-state index is 6.45. The molecule has 16 heavy (non-hydrogen) atoms. The summed E-state index contributed by atoms with van der Waals surface area (Å²) < 4.78 is 2.47. The first-order chi connectivity index (χ1) is 7.74. The van der Waals surface area contributed by atoms with Crippen LogP contribution in [0.4, 0.5) is 0 Å². The molecule has 2 aromatic rings. The van der Waals surface area contributed by atoms with Gasteiger partial charge in [0.25, 0.3) is 0 Å². The van der Waals surface area contributed by atoms with Gasteiger partial charge in [-0.05, 0) is 44.7 Å². The van der Waals surface area contributed by atoms with Crippen molar-refractivity contribution in [1.29, 1.82) is 0 Å². The summed E-state index contributed by atoms with van der Waals surface area (Å²) in [6.07, 6.45) is 3.46. The summed E-state index contributed by atoms with van der Waals surface area (Å²) in [5, 5.41) is 3.65.